The molecule has 1 unspecified atom stereocenters. The van der Waals surface area contributed by atoms with E-state index in [1.165, 1.54) is 34.2 Å². The molecule has 4 heterocycles. The van der Waals surface area contributed by atoms with E-state index in [1.54, 1.807) is 6.92 Å². The Balaban J connectivity index is 1.55. The molecule has 3 aliphatic rings. The number of aliphatic hydroxyl groups is 1. The average molecular weight is 381 g/mol. The number of carboxylic acids is 1. The second-order valence-electron chi connectivity index (χ2n) is 6.66. The van der Waals surface area contributed by atoms with E-state index >= 15 is 0 Å². The molecule has 3 aliphatic heterocycles. The van der Waals surface area contributed by atoms with Gasteiger partial charge in [-0.3, -0.25) is 9.69 Å². The number of aliphatic hydroxyl groups excluding tert-OH is 1. The number of carboxylic acid groups (broad SMARTS) is 1. The maximum atomic E-state index is 12.2. The number of aromatic nitrogens is 2. The minimum Gasteiger partial charge on any atom is -0.543 e. The Bertz CT molecular complexity index is 788. The first-order valence-corrected chi connectivity index (χ1v) is 9.98. The zero-order chi connectivity index (χ0) is 17.9. The third-order valence-electron chi connectivity index (χ3n) is 5.04. The van der Waals surface area contributed by atoms with Crippen LogP contribution in [0.2, 0.25) is 0 Å². The van der Waals surface area contributed by atoms with E-state index in [1.807, 2.05) is 13.2 Å². The van der Waals surface area contributed by atoms with Gasteiger partial charge in [-0.2, -0.15) is 0 Å². The van der Waals surface area contributed by atoms with Crippen molar-refractivity contribution in [3.05, 3.63) is 28.2 Å². The van der Waals surface area contributed by atoms with Gasteiger partial charge in [0.1, 0.15) is 17.8 Å². The van der Waals surface area contributed by atoms with Gasteiger partial charge >= 0.3 is 0 Å². The van der Waals surface area contributed by atoms with Gasteiger partial charge in [0, 0.05) is 5.25 Å². The van der Waals surface area contributed by atoms with Crippen LogP contribution in [0.15, 0.2) is 22.3 Å². The Labute approximate surface area is 153 Å². The van der Waals surface area contributed by atoms with Crippen molar-refractivity contribution in [3.63, 3.8) is 0 Å². The zero-order valence-electron chi connectivity index (χ0n) is 13.9. The Morgan fingerprint density at radius 1 is 1.56 bits per heavy atom. The summed E-state index contributed by atoms with van der Waals surface area (Å²) in [6.07, 6.45) is 5.08. The molecule has 134 valence electrons. The Morgan fingerprint density at radius 2 is 2.32 bits per heavy atom. The number of carbonyl (C=O) groups excluding carboxylic acids is 2. The highest BCUT2D eigenvalue weighted by molar-refractivity contribution is 8.23. The number of fused-ring (bicyclic) bond motifs is 2. The van der Waals surface area contributed by atoms with Crippen LogP contribution in [0.1, 0.15) is 19.2 Å². The number of hydrogen-bond donors (Lipinski definition) is 1. The fraction of sp³-hybridized carbons (Fsp3) is 0.562. The van der Waals surface area contributed by atoms with Crippen LogP contribution in [-0.2, 0) is 29.6 Å². The number of thioether (sulfide) groups is 2. The molecule has 1 N–H and O–H groups in total. The van der Waals surface area contributed by atoms with Crippen molar-refractivity contribution >= 4 is 35.4 Å². The predicted octanol–water partition coefficient (Wildman–Crippen LogP) is -0.808. The zero-order valence-corrected chi connectivity index (χ0v) is 15.5. The molecule has 1 aromatic heterocycles. The molecular weight excluding hydrogens is 362 g/mol. The van der Waals surface area contributed by atoms with Crippen molar-refractivity contribution in [1.82, 2.24) is 9.47 Å². The number of nitrogens with zero attached hydrogens (tertiary/aromatic N) is 3. The number of carbonyl (C=O) groups is 2. The summed E-state index contributed by atoms with van der Waals surface area (Å²) in [7, 11) is 2.01. The Hall–Kier alpha value is -1.45. The maximum absolute atomic E-state index is 12.2. The van der Waals surface area contributed by atoms with Crippen molar-refractivity contribution in [2.24, 2.45) is 13.0 Å². The fourth-order valence-electron chi connectivity index (χ4n) is 3.68. The Morgan fingerprint density at radius 3 is 3.00 bits per heavy atom. The molecule has 1 fully saturated rings. The summed E-state index contributed by atoms with van der Waals surface area (Å²) in [4.78, 5) is 25.1. The van der Waals surface area contributed by atoms with Gasteiger partial charge in [0.2, 0.25) is 5.91 Å². The van der Waals surface area contributed by atoms with Crippen molar-refractivity contribution in [2.45, 2.75) is 43.0 Å². The molecule has 0 radical (unpaired) electrons. The van der Waals surface area contributed by atoms with Gasteiger partial charge in [-0.25, -0.2) is 9.13 Å². The van der Waals surface area contributed by atoms with Crippen LogP contribution in [-0.4, -0.2) is 43.2 Å². The van der Waals surface area contributed by atoms with Gasteiger partial charge in [-0.05, 0) is 13.3 Å². The number of β-lactam (4-membered cyclic amide) rings is 1. The monoisotopic (exact) mass is 381 g/mol. The summed E-state index contributed by atoms with van der Waals surface area (Å²) in [5.41, 5.74) is -0.0211. The molecule has 9 heteroatoms. The molecule has 0 spiro atoms. The molecule has 0 aromatic carbocycles. The molecule has 0 saturated carbocycles. The first-order valence-electron chi connectivity index (χ1n) is 8.22. The number of imidazole rings is 1. The Kier molecular flexibility index (Phi) is 4.12. The number of amides is 1. The molecule has 4 rings (SSSR count). The quantitative estimate of drug-likeness (QED) is 0.542. The minimum atomic E-state index is -1.32. The fourth-order valence-corrected chi connectivity index (χ4v) is 6.98. The lowest BCUT2D eigenvalue weighted by molar-refractivity contribution is -0.679. The third kappa shape index (κ3) is 2.60. The highest BCUT2D eigenvalue weighted by atomic mass is 32.2. The summed E-state index contributed by atoms with van der Waals surface area (Å²) in [6.45, 7) is 2.47. The van der Waals surface area contributed by atoms with Crippen LogP contribution >= 0.6 is 23.5 Å². The van der Waals surface area contributed by atoms with Crippen molar-refractivity contribution in [2.75, 3.05) is 0 Å². The number of hydrogen-bond acceptors (Lipinski definition) is 6. The van der Waals surface area contributed by atoms with E-state index in [4.69, 9.17) is 0 Å². The smallest absolute Gasteiger partial charge is 0.257 e. The summed E-state index contributed by atoms with van der Waals surface area (Å²) >= 11 is 2.89. The van der Waals surface area contributed by atoms with Crippen LogP contribution in [0.4, 0.5) is 0 Å². The molecule has 25 heavy (non-hydrogen) atoms. The molecule has 7 nitrogen and oxygen atoms in total. The second-order valence-corrected chi connectivity index (χ2v) is 9.35. The van der Waals surface area contributed by atoms with E-state index in [-0.39, 0.29) is 22.2 Å². The second kappa shape index (κ2) is 6.07. The largest absolute Gasteiger partial charge is 0.543 e. The predicted molar refractivity (Wildman–Crippen MR) is 90.7 cm³/mol. The van der Waals surface area contributed by atoms with E-state index in [9.17, 15) is 19.8 Å². The van der Waals surface area contributed by atoms with Gasteiger partial charge in [0.25, 0.3) is 5.82 Å². The third-order valence-corrected chi connectivity index (χ3v) is 7.92. The lowest BCUT2D eigenvalue weighted by atomic mass is 9.92. The number of aliphatic carboxylic acids is 1. The summed E-state index contributed by atoms with van der Waals surface area (Å²) in [6, 6.07) is 0. The number of aryl methyl sites for hydroxylation is 2. The van der Waals surface area contributed by atoms with E-state index < -0.39 is 18.0 Å². The lowest BCUT2D eigenvalue weighted by Crippen LogP contribution is -2.61. The van der Waals surface area contributed by atoms with Crippen LogP contribution < -0.4 is 9.67 Å². The van der Waals surface area contributed by atoms with Gasteiger partial charge in [-0.1, -0.05) is 11.8 Å². The normalized spacial score (nSPS) is 29.3. The van der Waals surface area contributed by atoms with Gasteiger partial charge in [0.15, 0.2) is 0 Å². The minimum absolute atomic E-state index is 0.0211. The molecule has 0 bridgehead atoms. The molecule has 1 saturated heterocycles. The van der Waals surface area contributed by atoms with Crippen molar-refractivity contribution in [3.8, 4) is 0 Å². The van der Waals surface area contributed by atoms with Crippen LogP contribution in [0, 0.1) is 5.92 Å². The highest BCUT2D eigenvalue weighted by Gasteiger charge is 2.56. The van der Waals surface area contributed by atoms with Gasteiger partial charge in [0.05, 0.1) is 47.9 Å². The molecule has 4 atom stereocenters. The first kappa shape index (κ1) is 17.0. The highest BCUT2D eigenvalue weighted by Crippen LogP contribution is 2.54. The molecule has 1 aromatic rings. The van der Waals surface area contributed by atoms with Gasteiger partial charge < -0.3 is 15.0 Å². The van der Waals surface area contributed by atoms with E-state index in [0.717, 1.165) is 19.4 Å². The first-order chi connectivity index (χ1) is 11.9. The topological polar surface area (TPSA) is 89.5 Å². The molecular formula is C16H19N3O4S2. The summed E-state index contributed by atoms with van der Waals surface area (Å²) in [5, 5.41) is 21.3. The lowest BCUT2D eigenvalue weighted by Gasteiger charge is -2.44. The standard InChI is InChI=1S/C16H19N3O4S2/c1-8(20)11-13(21)19-12(15(22)23)16(25-14(11)19)24-9-3-4-18-6-5-17(2)10(18)7-9/h5-6,8-9,11,14,20H,3-4,7H2,1-2H3/t8-,9?,11+,14-/m1/s1. The van der Waals surface area contributed by atoms with Crippen molar-refractivity contribution < 1.29 is 24.4 Å². The van der Waals surface area contributed by atoms with E-state index in [0.29, 0.717) is 4.24 Å². The van der Waals surface area contributed by atoms with Crippen LogP contribution in [0.5, 0.6) is 0 Å². The molecule has 0 aliphatic carbocycles. The van der Waals surface area contributed by atoms with Crippen LogP contribution in [0.3, 0.4) is 0 Å². The maximum Gasteiger partial charge on any atom is 0.257 e. The van der Waals surface area contributed by atoms with Crippen molar-refractivity contribution in [1.29, 1.82) is 0 Å². The SMILES string of the molecule is C[C@@H](O)[C@H]1C(=O)N2C(C(=O)[O-])=C(SC3CCn4cc[n+](C)c4C3)S[C@H]12. The van der Waals surface area contributed by atoms with Crippen LogP contribution in [0.25, 0.3) is 0 Å². The summed E-state index contributed by atoms with van der Waals surface area (Å²) in [5.74, 6) is -0.978. The van der Waals surface area contributed by atoms with Gasteiger partial charge in [-0.15, -0.1) is 11.8 Å². The summed E-state index contributed by atoms with van der Waals surface area (Å²) < 4.78 is 4.93. The van der Waals surface area contributed by atoms with E-state index in [2.05, 4.69) is 15.3 Å². The average Bonchev–Trinajstić information content (AvgIpc) is 3.06. The number of rotatable bonds is 4. The molecule has 1 amide bonds.